The van der Waals surface area contributed by atoms with Gasteiger partial charge >= 0.3 is 5.69 Å². The molecule has 0 radical (unpaired) electrons. The fourth-order valence-electron chi connectivity index (χ4n) is 5.62. The van der Waals surface area contributed by atoms with Crippen LogP contribution in [0.2, 0.25) is 0 Å². The van der Waals surface area contributed by atoms with Gasteiger partial charge in [0.1, 0.15) is 35.9 Å². The van der Waals surface area contributed by atoms with Gasteiger partial charge in [-0.25, -0.2) is 4.79 Å². The van der Waals surface area contributed by atoms with E-state index >= 15 is 0 Å². The number of methoxy groups -OCH3 is 1. The van der Waals surface area contributed by atoms with E-state index in [0.29, 0.717) is 44.9 Å². The number of aromatic amines is 1. The number of hydrogen-bond donors (Lipinski definition) is 5. The molecule has 5 rings (SSSR count). The lowest BCUT2D eigenvalue weighted by atomic mass is 10.0. The highest BCUT2D eigenvalue weighted by Crippen LogP contribution is 2.28. The average molecular weight is 784 g/mol. The molecule has 0 aliphatic rings. The molecule has 2 atom stereocenters. The van der Waals surface area contributed by atoms with Crippen LogP contribution in [0.25, 0.3) is 0 Å². The normalized spacial score (nSPS) is 12.0. The van der Waals surface area contributed by atoms with Crippen LogP contribution in [0.4, 0.5) is 15.8 Å². The second-order valence-corrected chi connectivity index (χ2v) is 13.4. The topological polar surface area (TPSA) is 216 Å². The number of H-pyrrole nitrogens is 1. The van der Waals surface area contributed by atoms with E-state index in [0.717, 1.165) is 5.56 Å². The van der Waals surface area contributed by atoms with Gasteiger partial charge in [0, 0.05) is 29.2 Å². The first-order valence-corrected chi connectivity index (χ1v) is 17.8. The maximum Gasteiger partial charge on any atom is 0.328 e. The van der Waals surface area contributed by atoms with Crippen molar-refractivity contribution in [1.29, 1.82) is 0 Å². The number of aromatic nitrogens is 3. The summed E-state index contributed by atoms with van der Waals surface area (Å²) in [6, 6.07) is 15.1. The molecular weight excluding hydrogens is 741 g/mol. The average Bonchev–Trinajstić information content (AvgIpc) is 3.51. The molecule has 17 heteroatoms. The molecule has 0 aliphatic heterocycles. The van der Waals surface area contributed by atoms with Gasteiger partial charge in [-0.15, -0.1) is 0 Å². The molecule has 2 heterocycles. The lowest BCUT2D eigenvalue weighted by molar-refractivity contribution is -0.128. The maximum absolute atomic E-state index is 13.6. The minimum absolute atomic E-state index is 0.0997. The van der Waals surface area contributed by atoms with Crippen molar-refractivity contribution in [2.24, 2.45) is 5.92 Å². The van der Waals surface area contributed by atoms with Crippen LogP contribution in [0, 0.1) is 25.6 Å². The predicted octanol–water partition coefficient (Wildman–Crippen LogP) is 4.07. The van der Waals surface area contributed by atoms with Crippen molar-refractivity contribution in [2.75, 3.05) is 17.7 Å². The van der Waals surface area contributed by atoms with Crippen LogP contribution in [-0.4, -0.2) is 57.5 Å². The number of amides is 4. The van der Waals surface area contributed by atoms with Crippen molar-refractivity contribution < 1.29 is 37.6 Å². The Morgan fingerprint density at radius 3 is 2.30 bits per heavy atom. The van der Waals surface area contributed by atoms with Gasteiger partial charge in [-0.1, -0.05) is 37.2 Å². The molecule has 0 fully saturated rings. The summed E-state index contributed by atoms with van der Waals surface area (Å²) in [5.74, 6) is -2.41. The lowest BCUT2D eigenvalue weighted by Crippen LogP contribution is -2.53. The summed E-state index contributed by atoms with van der Waals surface area (Å²) in [6.07, 6.45) is 0.696. The van der Waals surface area contributed by atoms with Crippen molar-refractivity contribution in [3.8, 4) is 11.5 Å². The molecule has 0 spiro atoms. The summed E-state index contributed by atoms with van der Waals surface area (Å²) in [5.41, 5.74) is 1.11. The Bertz CT molecular complexity index is 2380. The second-order valence-electron chi connectivity index (χ2n) is 13.4. The van der Waals surface area contributed by atoms with Gasteiger partial charge in [-0.2, -0.15) is 4.39 Å². The van der Waals surface area contributed by atoms with Gasteiger partial charge in [-0.05, 0) is 74.7 Å². The molecule has 2 aromatic heterocycles. The zero-order chi connectivity index (χ0) is 41.4. The van der Waals surface area contributed by atoms with Crippen LogP contribution in [0.15, 0.2) is 87.0 Å². The van der Waals surface area contributed by atoms with Gasteiger partial charge in [-0.3, -0.25) is 28.5 Å². The van der Waals surface area contributed by atoms with Crippen LogP contribution in [0.1, 0.15) is 64.1 Å². The summed E-state index contributed by atoms with van der Waals surface area (Å²) in [4.78, 5) is 79.3. The number of ether oxygens (including phenoxy) is 2. The molecule has 0 bridgehead atoms. The van der Waals surface area contributed by atoms with Crippen LogP contribution in [0.5, 0.6) is 11.5 Å². The summed E-state index contributed by atoms with van der Waals surface area (Å²) in [7, 11) is 1.50. The fourth-order valence-corrected chi connectivity index (χ4v) is 5.62. The second kappa shape index (κ2) is 18.1. The first-order valence-electron chi connectivity index (χ1n) is 17.8. The van der Waals surface area contributed by atoms with E-state index in [4.69, 9.17) is 14.0 Å². The monoisotopic (exact) mass is 783 g/mol. The SMILES string of the molecule is COc1ccc(C(=O)Nc2cccc(C(=O)N[C@H](C(=O)N[C@@H](C)C(=O)Nc3ccc(Cn4c(=O)[nH]cc(F)c4=O)cc3)C(C)C)c2)c(OCc2c(C)noc2C)c1. The Kier molecular flexibility index (Phi) is 13.0. The van der Waals surface area contributed by atoms with Gasteiger partial charge < -0.3 is 40.2 Å². The first kappa shape index (κ1) is 41.1. The zero-order valence-corrected chi connectivity index (χ0v) is 32.0. The Morgan fingerprint density at radius 2 is 1.63 bits per heavy atom. The lowest BCUT2D eigenvalue weighted by Gasteiger charge is -2.24. The summed E-state index contributed by atoms with van der Waals surface area (Å²) in [5, 5.41) is 14.7. The summed E-state index contributed by atoms with van der Waals surface area (Å²) < 4.78 is 30.9. The highest BCUT2D eigenvalue weighted by Gasteiger charge is 2.28. The van der Waals surface area contributed by atoms with E-state index in [1.165, 1.54) is 38.3 Å². The number of hydrogen-bond acceptors (Lipinski definition) is 10. The van der Waals surface area contributed by atoms with Gasteiger partial charge in [0.2, 0.25) is 17.6 Å². The minimum atomic E-state index is -1.10. The number of halogens is 1. The molecule has 5 N–H and O–H groups in total. The first-order chi connectivity index (χ1) is 27.1. The molecule has 0 saturated carbocycles. The number of nitrogens with zero attached hydrogens (tertiary/aromatic N) is 2. The Morgan fingerprint density at radius 1 is 0.895 bits per heavy atom. The number of carbonyl (C=O) groups is 4. The quantitative estimate of drug-likeness (QED) is 0.103. The molecule has 298 valence electrons. The van der Waals surface area contributed by atoms with Crippen molar-refractivity contribution in [3.05, 3.63) is 133 Å². The fraction of sp³-hybridized carbons (Fsp3) is 0.275. The van der Waals surface area contributed by atoms with Crippen molar-refractivity contribution in [2.45, 2.75) is 59.9 Å². The smallest absolute Gasteiger partial charge is 0.328 e. The molecule has 3 aromatic carbocycles. The van der Waals surface area contributed by atoms with Crippen LogP contribution < -0.4 is 42.0 Å². The van der Waals surface area contributed by atoms with Crippen LogP contribution in [-0.2, 0) is 22.7 Å². The summed E-state index contributed by atoms with van der Waals surface area (Å²) in [6.45, 7) is 8.40. The molecule has 57 heavy (non-hydrogen) atoms. The maximum atomic E-state index is 13.6. The molecular formula is C40H42FN7O9. The summed E-state index contributed by atoms with van der Waals surface area (Å²) >= 11 is 0. The van der Waals surface area contributed by atoms with E-state index in [1.54, 1.807) is 70.2 Å². The van der Waals surface area contributed by atoms with E-state index in [2.05, 4.69) is 31.4 Å². The molecule has 16 nitrogen and oxygen atoms in total. The standard InChI is InChI=1S/C40H42FN7O9/c1-21(2)34(38(52)43-23(4)35(49)44-27-12-10-25(11-13-27)19-48-39(53)32(41)18-42-40(48)54)46-36(50)26-8-7-9-28(16-26)45-37(51)30-15-14-29(55-6)17-33(30)56-20-31-22(3)47-57-24(31)5/h7-18,21,23,34H,19-20H2,1-6H3,(H,42,54)(H,43,52)(H,44,49)(H,45,51)(H,46,50)/t23-,34-/m0/s1. The van der Waals surface area contributed by atoms with E-state index in [1.807, 2.05) is 0 Å². The Labute approximate surface area is 325 Å². The number of anilines is 2. The third kappa shape index (κ3) is 10.2. The zero-order valence-electron chi connectivity index (χ0n) is 32.0. The largest absolute Gasteiger partial charge is 0.497 e. The number of benzene rings is 3. The van der Waals surface area contributed by atoms with E-state index in [9.17, 15) is 33.2 Å². The number of aryl methyl sites for hydroxylation is 2. The van der Waals surface area contributed by atoms with E-state index in [-0.39, 0.29) is 35.9 Å². The predicted molar refractivity (Wildman–Crippen MR) is 207 cm³/mol. The Balaban J connectivity index is 1.19. The molecule has 0 aliphatic carbocycles. The molecule has 5 aromatic rings. The van der Waals surface area contributed by atoms with Gasteiger partial charge in [0.15, 0.2) is 0 Å². The van der Waals surface area contributed by atoms with E-state index < -0.39 is 52.8 Å². The molecule has 0 saturated heterocycles. The number of rotatable bonds is 15. The third-order valence-electron chi connectivity index (χ3n) is 8.94. The van der Waals surface area contributed by atoms with Gasteiger partial charge in [0.25, 0.3) is 17.4 Å². The highest BCUT2D eigenvalue weighted by atomic mass is 19.1. The van der Waals surface area contributed by atoms with Crippen molar-refractivity contribution in [1.82, 2.24) is 25.3 Å². The number of carbonyl (C=O) groups excluding carboxylic acids is 4. The Hall–Kier alpha value is -7.04. The van der Waals surface area contributed by atoms with Crippen LogP contribution in [0.3, 0.4) is 0 Å². The van der Waals surface area contributed by atoms with Crippen LogP contribution >= 0.6 is 0 Å². The highest BCUT2D eigenvalue weighted by molar-refractivity contribution is 6.07. The minimum Gasteiger partial charge on any atom is -0.497 e. The van der Waals surface area contributed by atoms with Gasteiger partial charge in [0.05, 0.1) is 30.5 Å². The third-order valence-corrected chi connectivity index (χ3v) is 8.94. The molecule has 0 unspecified atom stereocenters. The van der Waals surface area contributed by atoms with Crippen molar-refractivity contribution >= 4 is 35.0 Å². The molecule has 4 amide bonds. The number of nitrogens with one attached hydrogen (secondary N) is 5. The van der Waals surface area contributed by atoms with Crippen molar-refractivity contribution in [3.63, 3.8) is 0 Å².